The molecule has 2 heterocycles. The Balaban J connectivity index is 0.000000483. The first-order valence-electron chi connectivity index (χ1n) is 9.06. The van der Waals surface area contributed by atoms with Crippen molar-refractivity contribution in [2.24, 2.45) is 0 Å². The highest BCUT2D eigenvalue weighted by Crippen LogP contribution is 2.61. The second kappa shape index (κ2) is 17.8. The average molecular weight is 552 g/mol. The Bertz CT molecular complexity index is 784. The summed E-state index contributed by atoms with van der Waals surface area (Å²) in [5.74, 6) is -0.264. The lowest BCUT2D eigenvalue weighted by Crippen LogP contribution is -1.99. The van der Waals surface area contributed by atoms with Gasteiger partial charge in [0.15, 0.2) is 5.06 Å². The molecule has 0 bridgehead atoms. The smallest absolute Gasteiger partial charge is 0.339 e. The molecular formula is C19H26Cl3O6PS2. The van der Waals surface area contributed by atoms with Gasteiger partial charge in [0, 0.05) is 22.6 Å². The molecule has 0 saturated heterocycles. The second-order valence-electron chi connectivity index (χ2n) is 5.76. The van der Waals surface area contributed by atoms with Crippen LogP contribution >= 0.6 is 61.6 Å². The molecule has 2 rings (SSSR count). The van der Waals surface area contributed by atoms with Crippen molar-refractivity contribution in [3.63, 3.8) is 0 Å². The Kier molecular flexibility index (Phi) is 17.3. The van der Waals surface area contributed by atoms with E-state index in [0.29, 0.717) is 12.8 Å². The number of hydrogen-bond acceptors (Lipinski definition) is 8. The van der Waals surface area contributed by atoms with Crippen molar-refractivity contribution in [1.29, 1.82) is 0 Å². The van der Waals surface area contributed by atoms with Crippen LogP contribution in [0.1, 0.15) is 35.4 Å². The van der Waals surface area contributed by atoms with Gasteiger partial charge in [0.25, 0.3) is 0 Å². The molecule has 0 aliphatic heterocycles. The summed E-state index contributed by atoms with van der Waals surface area (Å²) in [6.45, 7) is 0. The normalized spacial score (nSPS) is 10.1. The van der Waals surface area contributed by atoms with Gasteiger partial charge in [-0.05, 0) is 83.0 Å². The van der Waals surface area contributed by atoms with Crippen LogP contribution in [0.4, 0.5) is 0 Å². The summed E-state index contributed by atoms with van der Waals surface area (Å²) >= 11 is 17.2. The van der Waals surface area contributed by atoms with E-state index in [9.17, 15) is 14.2 Å². The lowest BCUT2D eigenvalue weighted by Gasteiger charge is -1.97. The third-order valence-electron chi connectivity index (χ3n) is 3.48. The summed E-state index contributed by atoms with van der Waals surface area (Å²) in [4.78, 5) is 24.1. The van der Waals surface area contributed by atoms with Crippen molar-refractivity contribution >= 4 is 73.5 Å². The number of methoxy groups -OCH3 is 3. The standard InChI is InChI=1S/C10H14O3S.C9H12O2S.Cl3OP/c1-12-9(11)5-3-4-8-6-7-10(13-2)14-8;1-11-9(10)6-2-4-8-5-3-7-12-8;1-5(2,3)4/h6-7H,3-5H2,1-2H3;3,5,7H,2,4,6H2,1H3;. The van der Waals surface area contributed by atoms with Gasteiger partial charge in [-0.25, -0.2) is 0 Å². The fourth-order valence-corrected chi connectivity index (χ4v) is 3.69. The zero-order chi connectivity index (χ0) is 23.7. The fourth-order valence-electron chi connectivity index (χ4n) is 2.08. The van der Waals surface area contributed by atoms with Gasteiger partial charge in [-0.1, -0.05) is 6.07 Å². The predicted molar refractivity (Wildman–Crippen MR) is 130 cm³/mol. The molecule has 0 amide bonds. The topological polar surface area (TPSA) is 78.9 Å². The highest BCUT2D eigenvalue weighted by atomic mass is 36.0. The van der Waals surface area contributed by atoms with Gasteiger partial charge in [0.05, 0.1) is 21.3 Å². The minimum Gasteiger partial charge on any atom is -0.487 e. The van der Waals surface area contributed by atoms with Gasteiger partial charge in [-0.3, -0.25) is 14.2 Å². The van der Waals surface area contributed by atoms with Gasteiger partial charge in [0.1, 0.15) is 0 Å². The molecule has 0 N–H and O–H groups in total. The number of hydrogen-bond donors (Lipinski definition) is 0. The Morgan fingerprint density at radius 2 is 1.42 bits per heavy atom. The van der Waals surface area contributed by atoms with E-state index in [4.69, 9.17) is 4.74 Å². The van der Waals surface area contributed by atoms with Gasteiger partial charge in [-0.15, -0.1) is 22.7 Å². The molecule has 0 aromatic carbocycles. The van der Waals surface area contributed by atoms with Crippen molar-refractivity contribution in [2.45, 2.75) is 38.5 Å². The summed E-state index contributed by atoms with van der Waals surface area (Å²) in [6, 6.07) is 8.08. The van der Waals surface area contributed by atoms with Crippen LogP contribution in [0.15, 0.2) is 29.6 Å². The van der Waals surface area contributed by atoms with E-state index in [1.54, 1.807) is 29.8 Å². The molecule has 2 aromatic heterocycles. The van der Waals surface area contributed by atoms with Gasteiger partial charge < -0.3 is 14.2 Å². The van der Waals surface area contributed by atoms with Crippen molar-refractivity contribution in [3.8, 4) is 5.06 Å². The molecule has 0 atom stereocenters. The second-order valence-corrected chi connectivity index (χ2v) is 14.6. The maximum Gasteiger partial charge on any atom is 0.339 e. The highest BCUT2D eigenvalue weighted by Gasteiger charge is 2.04. The summed E-state index contributed by atoms with van der Waals surface area (Å²) < 4.78 is 23.7. The summed E-state index contributed by atoms with van der Waals surface area (Å²) in [5.41, 5.74) is 0. The molecule has 0 aliphatic rings. The number of ether oxygens (including phenoxy) is 3. The maximum absolute atomic E-state index is 10.8. The van der Waals surface area contributed by atoms with Crippen LogP contribution in [0.25, 0.3) is 0 Å². The van der Waals surface area contributed by atoms with E-state index in [0.717, 1.165) is 30.7 Å². The molecule has 6 nitrogen and oxygen atoms in total. The zero-order valence-electron chi connectivity index (χ0n) is 17.5. The Hall–Kier alpha value is -0.760. The van der Waals surface area contributed by atoms with E-state index in [2.05, 4.69) is 49.3 Å². The molecule has 0 unspecified atom stereocenters. The number of carbonyl (C=O) groups excluding carboxylic acids is 2. The quantitative estimate of drug-likeness (QED) is 0.240. The van der Waals surface area contributed by atoms with Crippen molar-refractivity contribution in [3.05, 3.63) is 39.4 Å². The molecule has 0 aliphatic carbocycles. The third kappa shape index (κ3) is 19.6. The summed E-state index contributed by atoms with van der Waals surface area (Å²) in [6.07, 6.45) is 4.60. The minimum atomic E-state index is -3.22. The van der Waals surface area contributed by atoms with E-state index >= 15 is 0 Å². The molecular weight excluding hydrogens is 526 g/mol. The molecule has 0 radical (unpaired) electrons. The largest absolute Gasteiger partial charge is 0.487 e. The van der Waals surface area contributed by atoms with Crippen molar-refractivity contribution < 1.29 is 28.4 Å². The summed E-state index contributed by atoms with van der Waals surface area (Å²) in [7, 11) is 4.49. The van der Waals surface area contributed by atoms with Crippen LogP contribution in [-0.2, 0) is 36.5 Å². The third-order valence-corrected chi connectivity index (χ3v) is 5.52. The number of carbonyl (C=O) groups is 2. The fraction of sp³-hybridized carbons (Fsp3) is 0.474. The molecule has 2 aromatic rings. The molecule has 0 fully saturated rings. The average Bonchev–Trinajstić information content (AvgIpc) is 3.38. The van der Waals surface area contributed by atoms with Crippen LogP contribution in [0, 0.1) is 0 Å². The molecule has 0 saturated carbocycles. The lowest BCUT2D eigenvalue weighted by atomic mass is 10.2. The van der Waals surface area contributed by atoms with E-state index in [-0.39, 0.29) is 11.9 Å². The Morgan fingerprint density at radius 1 is 0.903 bits per heavy atom. The number of thiophene rings is 2. The van der Waals surface area contributed by atoms with Gasteiger partial charge in [-0.2, -0.15) is 0 Å². The van der Waals surface area contributed by atoms with Crippen LogP contribution in [0.2, 0.25) is 0 Å². The van der Waals surface area contributed by atoms with Crippen LogP contribution in [0.5, 0.6) is 5.06 Å². The number of halogens is 3. The lowest BCUT2D eigenvalue weighted by molar-refractivity contribution is -0.141. The van der Waals surface area contributed by atoms with E-state index in [1.807, 2.05) is 23.6 Å². The van der Waals surface area contributed by atoms with Crippen LogP contribution in [0.3, 0.4) is 0 Å². The highest BCUT2D eigenvalue weighted by molar-refractivity contribution is 8.24. The first kappa shape index (κ1) is 30.2. The number of rotatable bonds is 9. The monoisotopic (exact) mass is 550 g/mol. The number of aryl methyl sites for hydroxylation is 2. The minimum absolute atomic E-state index is 0.119. The van der Waals surface area contributed by atoms with Gasteiger partial charge >= 0.3 is 17.1 Å². The van der Waals surface area contributed by atoms with E-state index < -0.39 is 5.20 Å². The Morgan fingerprint density at radius 3 is 1.81 bits per heavy atom. The van der Waals surface area contributed by atoms with Crippen molar-refractivity contribution in [2.75, 3.05) is 21.3 Å². The van der Waals surface area contributed by atoms with Gasteiger partial charge in [0.2, 0.25) is 0 Å². The van der Waals surface area contributed by atoms with Crippen molar-refractivity contribution in [1.82, 2.24) is 0 Å². The zero-order valence-corrected chi connectivity index (χ0v) is 22.3. The first-order valence-corrected chi connectivity index (χ1v) is 15.2. The molecule has 31 heavy (non-hydrogen) atoms. The van der Waals surface area contributed by atoms with Crippen LogP contribution in [-0.4, -0.2) is 33.3 Å². The van der Waals surface area contributed by atoms with E-state index in [1.165, 1.54) is 24.0 Å². The molecule has 12 heteroatoms. The molecule has 0 spiro atoms. The SMILES string of the molecule is COC(=O)CCCc1ccc(OC)s1.COC(=O)CCCc1cccs1.O=P(Cl)(Cl)Cl. The van der Waals surface area contributed by atoms with Crippen LogP contribution < -0.4 is 4.74 Å². The maximum atomic E-state index is 10.8. The first-order chi connectivity index (χ1) is 14.6. The molecule has 176 valence electrons. The number of esters is 2. The summed E-state index contributed by atoms with van der Waals surface area (Å²) in [5, 5.41) is -0.258. The predicted octanol–water partition coefficient (Wildman–Crippen LogP) is 7.31. The Labute approximate surface area is 205 Å².